The van der Waals surface area contributed by atoms with Crippen LogP contribution in [0.2, 0.25) is 0 Å². The fourth-order valence-corrected chi connectivity index (χ4v) is 2.46. The number of pyridine rings is 1. The molecular weight excluding hydrogens is 222 g/mol. The number of rotatable bonds is 6. The minimum Gasteiger partial charge on any atom is -0.367 e. The van der Waals surface area contributed by atoms with E-state index in [4.69, 9.17) is 5.26 Å². The Kier molecular flexibility index (Phi) is 4.58. The van der Waals surface area contributed by atoms with Gasteiger partial charge in [0.25, 0.3) is 0 Å². The molecule has 1 unspecified atom stereocenters. The minimum absolute atomic E-state index is 0.489. The molecule has 0 bridgehead atoms. The lowest BCUT2D eigenvalue weighted by atomic mass is 9.78. The number of hydrogen-bond donors (Lipinski definition) is 1. The van der Waals surface area contributed by atoms with Crippen LogP contribution >= 0.6 is 0 Å². The molecule has 1 saturated carbocycles. The molecular formula is C15H21N3. The van der Waals surface area contributed by atoms with Gasteiger partial charge < -0.3 is 5.32 Å². The van der Waals surface area contributed by atoms with Crippen LogP contribution in [-0.4, -0.2) is 11.0 Å². The van der Waals surface area contributed by atoms with Crippen LogP contribution in [0.15, 0.2) is 18.2 Å². The Labute approximate surface area is 109 Å². The highest BCUT2D eigenvalue weighted by atomic mass is 15.0. The summed E-state index contributed by atoms with van der Waals surface area (Å²) in [6.45, 7) is 2.23. The van der Waals surface area contributed by atoms with Gasteiger partial charge >= 0.3 is 0 Å². The Balaban J connectivity index is 2.00. The lowest BCUT2D eigenvalue weighted by Crippen LogP contribution is -2.33. The summed E-state index contributed by atoms with van der Waals surface area (Å²) in [5.41, 5.74) is 0.489. The number of nitriles is 1. The van der Waals surface area contributed by atoms with E-state index >= 15 is 0 Å². The van der Waals surface area contributed by atoms with Gasteiger partial charge in [-0.3, -0.25) is 0 Å². The average Bonchev–Trinajstić information content (AvgIpc) is 2.34. The van der Waals surface area contributed by atoms with Gasteiger partial charge in [0.05, 0.1) is 0 Å². The van der Waals surface area contributed by atoms with Crippen LogP contribution in [0.4, 0.5) is 5.82 Å². The van der Waals surface area contributed by atoms with Gasteiger partial charge in [-0.1, -0.05) is 32.3 Å². The van der Waals surface area contributed by atoms with Crippen LogP contribution in [0.1, 0.15) is 51.1 Å². The van der Waals surface area contributed by atoms with Gasteiger partial charge in [-0.05, 0) is 37.3 Å². The van der Waals surface area contributed by atoms with Gasteiger partial charge in [0.15, 0.2) is 0 Å². The molecule has 18 heavy (non-hydrogen) atoms. The largest absolute Gasteiger partial charge is 0.367 e. The van der Waals surface area contributed by atoms with Crippen LogP contribution in [0, 0.1) is 17.2 Å². The molecule has 0 aliphatic heterocycles. The summed E-state index contributed by atoms with van der Waals surface area (Å²) in [4.78, 5) is 4.31. The van der Waals surface area contributed by atoms with Crippen LogP contribution in [0.25, 0.3) is 0 Å². The number of nitrogens with zero attached hydrogens (tertiary/aromatic N) is 2. The van der Waals surface area contributed by atoms with E-state index in [1.807, 2.05) is 12.1 Å². The van der Waals surface area contributed by atoms with Crippen molar-refractivity contribution in [2.45, 2.75) is 51.5 Å². The zero-order valence-electron chi connectivity index (χ0n) is 11.0. The predicted octanol–water partition coefficient (Wildman–Crippen LogP) is 3.72. The molecule has 0 aromatic carbocycles. The van der Waals surface area contributed by atoms with Crippen molar-refractivity contribution in [2.24, 2.45) is 5.92 Å². The second-order valence-electron chi connectivity index (χ2n) is 5.10. The monoisotopic (exact) mass is 243 g/mol. The highest BCUT2D eigenvalue weighted by Gasteiger charge is 2.26. The zero-order valence-corrected chi connectivity index (χ0v) is 11.0. The van der Waals surface area contributed by atoms with Gasteiger partial charge in [-0.15, -0.1) is 0 Å². The molecule has 1 aromatic heterocycles. The summed E-state index contributed by atoms with van der Waals surface area (Å²) in [6.07, 6.45) is 7.72. The van der Waals surface area contributed by atoms with Crippen molar-refractivity contribution in [1.29, 1.82) is 5.26 Å². The number of unbranched alkanes of at least 4 members (excludes halogenated alkanes) is 1. The summed E-state index contributed by atoms with van der Waals surface area (Å²) in [5, 5.41) is 12.4. The molecule has 2 rings (SSSR count). The Hall–Kier alpha value is -1.56. The number of hydrogen-bond acceptors (Lipinski definition) is 3. The molecule has 1 fully saturated rings. The number of nitrogens with one attached hydrogen (secondary N) is 1. The highest BCUT2D eigenvalue weighted by molar-refractivity contribution is 5.39. The van der Waals surface area contributed by atoms with Crippen molar-refractivity contribution in [1.82, 2.24) is 4.98 Å². The average molecular weight is 243 g/mol. The maximum atomic E-state index is 8.86. The maximum Gasteiger partial charge on any atom is 0.142 e. The third-order valence-corrected chi connectivity index (χ3v) is 3.78. The normalized spacial score (nSPS) is 16.7. The molecule has 1 aliphatic rings. The predicted molar refractivity (Wildman–Crippen MR) is 73.2 cm³/mol. The van der Waals surface area contributed by atoms with Crippen molar-refractivity contribution in [3.8, 4) is 6.07 Å². The van der Waals surface area contributed by atoms with Crippen molar-refractivity contribution < 1.29 is 0 Å². The zero-order chi connectivity index (χ0) is 12.8. The standard InChI is InChI=1S/C15H21N3/c1-2-3-9-14(12-6-4-7-12)18-15-10-5-8-13(11-16)17-15/h5,8,10,12,14H,2-4,6-7,9H2,1H3,(H,17,18). The summed E-state index contributed by atoms with van der Waals surface area (Å²) in [5.74, 6) is 1.64. The quantitative estimate of drug-likeness (QED) is 0.828. The first-order chi connectivity index (χ1) is 8.83. The van der Waals surface area contributed by atoms with E-state index in [0.29, 0.717) is 11.7 Å². The second-order valence-corrected chi connectivity index (χ2v) is 5.10. The molecule has 1 N–H and O–H groups in total. The molecule has 0 amide bonds. The van der Waals surface area contributed by atoms with Gasteiger partial charge in [0.2, 0.25) is 0 Å². The Morgan fingerprint density at radius 1 is 1.50 bits per heavy atom. The second kappa shape index (κ2) is 6.39. The van der Waals surface area contributed by atoms with Gasteiger partial charge in [0.1, 0.15) is 17.6 Å². The first-order valence-corrected chi connectivity index (χ1v) is 6.97. The molecule has 1 atom stereocenters. The smallest absolute Gasteiger partial charge is 0.142 e. The van der Waals surface area contributed by atoms with Crippen molar-refractivity contribution in [3.05, 3.63) is 23.9 Å². The SMILES string of the molecule is CCCCC(Nc1cccc(C#N)n1)C1CCC1. The molecule has 1 aromatic rings. The van der Waals surface area contributed by atoms with Crippen LogP contribution in [0.5, 0.6) is 0 Å². The van der Waals surface area contributed by atoms with E-state index in [2.05, 4.69) is 23.3 Å². The van der Waals surface area contributed by atoms with Crippen molar-refractivity contribution in [2.75, 3.05) is 5.32 Å². The first kappa shape index (κ1) is 12.9. The third-order valence-electron chi connectivity index (χ3n) is 3.78. The molecule has 0 radical (unpaired) electrons. The van der Waals surface area contributed by atoms with E-state index in [-0.39, 0.29) is 0 Å². The first-order valence-electron chi connectivity index (χ1n) is 6.97. The van der Waals surface area contributed by atoms with E-state index in [9.17, 15) is 0 Å². The molecule has 0 spiro atoms. The lowest BCUT2D eigenvalue weighted by Gasteiger charge is -2.34. The van der Waals surface area contributed by atoms with E-state index in [0.717, 1.165) is 11.7 Å². The van der Waals surface area contributed by atoms with Gasteiger partial charge in [0, 0.05) is 6.04 Å². The third kappa shape index (κ3) is 3.22. The summed E-state index contributed by atoms with van der Waals surface area (Å²) in [7, 11) is 0. The number of aromatic nitrogens is 1. The Morgan fingerprint density at radius 2 is 2.33 bits per heavy atom. The maximum absolute atomic E-state index is 8.86. The molecule has 1 aliphatic carbocycles. The Bertz CT molecular complexity index is 418. The molecule has 1 heterocycles. The topological polar surface area (TPSA) is 48.7 Å². The Morgan fingerprint density at radius 3 is 2.94 bits per heavy atom. The van der Waals surface area contributed by atoms with E-state index in [1.54, 1.807) is 6.07 Å². The summed E-state index contributed by atoms with van der Waals surface area (Å²) >= 11 is 0. The molecule has 3 heteroatoms. The summed E-state index contributed by atoms with van der Waals surface area (Å²) < 4.78 is 0. The van der Waals surface area contributed by atoms with E-state index in [1.165, 1.54) is 38.5 Å². The molecule has 3 nitrogen and oxygen atoms in total. The highest BCUT2D eigenvalue weighted by Crippen LogP contribution is 2.33. The fourth-order valence-electron chi connectivity index (χ4n) is 2.46. The minimum atomic E-state index is 0.489. The van der Waals surface area contributed by atoms with Gasteiger partial charge in [-0.25, -0.2) is 4.98 Å². The van der Waals surface area contributed by atoms with Crippen LogP contribution in [0.3, 0.4) is 0 Å². The van der Waals surface area contributed by atoms with Crippen LogP contribution in [-0.2, 0) is 0 Å². The van der Waals surface area contributed by atoms with Crippen molar-refractivity contribution >= 4 is 5.82 Å². The number of anilines is 1. The van der Waals surface area contributed by atoms with Crippen LogP contribution < -0.4 is 5.32 Å². The summed E-state index contributed by atoms with van der Waals surface area (Å²) in [6, 6.07) is 8.21. The molecule has 0 saturated heterocycles. The fraction of sp³-hybridized carbons (Fsp3) is 0.600. The van der Waals surface area contributed by atoms with Crippen molar-refractivity contribution in [3.63, 3.8) is 0 Å². The molecule has 96 valence electrons. The lowest BCUT2D eigenvalue weighted by molar-refractivity contribution is 0.263. The van der Waals surface area contributed by atoms with E-state index < -0.39 is 0 Å². The van der Waals surface area contributed by atoms with Gasteiger partial charge in [-0.2, -0.15) is 5.26 Å².